The Hall–Kier alpha value is -1.16. The molecule has 4 saturated carbocycles. The lowest BCUT2D eigenvalue weighted by atomic mass is 9.61. The first-order valence-corrected chi connectivity index (χ1v) is 13.5. The number of rotatable bonds is 5. The zero-order chi connectivity index (χ0) is 23.8. The first-order valence-electron chi connectivity index (χ1n) is 13.5. The summed E-state index contributed by atoms with van der Waals surface area (Å²) in [6.07, 6.45) is 19.4. The average Bonchev–Trinajstić information content (AvgIpc) is 3.37. The van der Waals surface area contributed by atoms with Crippen LogP contribution in [0.1, 0.15) is 91.4 Å². The number of hydrogen-bond donors (Lipinski definition) is 3. The van der Waals surface area contributed by atoms with Gasteiger partial charge in [-0.2, -0.15) is 0 Å². The van der Waals surface area contributed by atoms with Crippen molar-refractivity contribution >= 4 is 0 Å². The van der Waals surface area contributed by atoms with Crippen LogP contribution in [0.4, 0.5) is 0 Å². The zero-order valence-electron chi connectivity index (χ0n) is 21.1. The summed E-state index contributed by atoms with van der Waals surface area (Å²) in [5.41, 5.74) is 3.16. The second-order valence-electron chi connectivity index (χ2n) is 12.0. The highest BCUT2D eigenvalue weighted by molar-refractivity contribution is 5.38. The van der Waals surface area contributed by atoms with E-state index >= 15 is 0 Å². The minimum atomic E-state index is -0.622. The van der Waals surface area contributed by atoms with E-state index in [1.807, 2.05) is 0 Å². The van der Waals surface area contributed by atoms with E-state index in [4.69, 9.17) is 0 Å². The smallest absolute Gasteiger partial charge is 0.0811 e. The van der Waals surface area contributed by atoms with Crippen molar-refractivity contribution in [3.63, 3.8) is 0 Å². The lowest BCUT2D eigenvalue weighted by Gasteiger charge is -2.44. The molecule has 0 bridgehead atoms. The number of fused-ring (bicyclic) bond motifs is 1. The van der Waals surface area contributed by atoms with Crippen molar-refractivity contribution in [3.8, 4) is 0 Å². The van der Waals surface area contributed by atoms with Gasteiger partial charge in [0.05, 0.1) is 17.8 Å². The van der Waals surface area contributed by atoms with Crippen LogP contribution in [0.2, 0.25) is 0 Å². The summed E-state index contributed by atoms with van der Waals surface area (Å²) in [7, 11) is 0. The fraction of sp³-hybridized carbons (Fsp3) is 0.733. The Kier molecular flexibility index (Phi) is 7.44. The van der Waals surface area contributed by atoms with Gasteiger partial charge in [-0.05, 0) is 85.7 Å². The highest BCUT2D eigenvalue weighted by Crippen LogP contribution is 2.59. The summed E-state index contributed by atoms with van der Waals surface area (Å²) in [5.74, 6) is 2.05. The lowest BCUT2D eigenvalue weighted by molar-refractivity contribution is 0.0124. The van der Waals surface area contributed by atoms with E-state index in [1.54, 1.807) is 5.57 Å². The van der Waals surface area contributed by atoms with Crippen LogP contribution in [0.3, 0.4) is 0 Å². The van der Waals surface area contributed by atoms with E-state index in [9.17, 15) is 15.3 Å². The maximum atomic E-state index is 10.9. The fourth-order valence-electron chi connectivity index (χ4n) is 7.71. The van der Waals surface area contributed by atoms with Gasteiger partial charge in [-0.1, -0.05) is 70.1 Å². The van der Waals surface area contributed by atoms with Crippen LogP contribution in [0, 0.1) is 29.1 Å². The van der Waals surface area contributed by atoms with Gasteiger partial charge in [-0.3, -0.25) is 0 Å². The Labute approximate surface area is 201 Å². The number of hydrogen-bond acceptors (Lipinski definition) is 3. The largest absolute Gasteiger partial charge is 0.393 e. The van der Waals surface area contributed by atoms with Crippen molar-refractivity contribution in [2.75, 3.05) is 0 Å². The zero-order valence-corrected chi connectivity index (χ0v) is 21.1. The molecule has 0 heterocycles. The molecule has 0 radical (unpaired) electrons. The van der Waals surface area contributed by atoms with E-state index in [0.29, 0.717) is 36.0 Å². The second kappa shape index (κ2) is 9.84. The molecule has 0 saturated heterocycles. The normalized spacial score (nSPS) is 41.1. The van der Waals surface area contributed by atoms with Gasteiger partial charge < -0.3 is 15.3 Å². The van der Waals surface area contributed by atoms with Crippen molar-refractivity contribution in [3.05, 3.63) is 47.6 Å². The van der Waals surface area contributed by atoms with E-state index in [0.717, 1.165) is 43.3 Å². The number of aliphatic hydroxyl groups excluding tert-OH is 2. The molecular weight excluding hydrogens is 408 g/mol. The van der Waals surface area contributed by atoms with Crippen LogP contribution in [0.15, 0.2) is 47.6 Å². The van der Waals surface area contributed by atoms with E-state index < -0.39 is 17.8 Å². The topological polar surface area (TPSA) is 60.7 Å². The maximum absolute atomic E-state index is 10.9. The monoisotopic (exact) mass is 454 g/mol. The van der Waals surface area contributed by atoms with Crippen LogP contribution in [0.5, 0.6) is 0 Å². The quantitative estimate of drug-likeness (QED) is 0.430. The van der Waals surface area contributed by atoms with Crippen molar-refractivity contribution < 1.29 is 15.3 Å². The molecule has 184 valence electrons. The Balaban J connectivity index is 1.47. The van der Waals surface area contributed by atoms with Crippen molar-refractivity contribution in [1.82, 2.24) is 0 Å². The third kappa shape index (κ3) is 4.97. The van der Waals surface area contributed by atoms with E-state index in [-0.39, 0.29) is 5.92 Å². The van der Waals surface area contributed by atoms with Crippen LogP contribution in [0.25, 0.3) is 0 Å². The van der Waals surface area contributed by atoms with Crippen molar-refractivity contribution in [2.24, 2.45) is 29.1 Å². The Morgan fingerprint density at radius 1 is 1.00 bits per heavy atom. The predicted molar refractivity (Wildman–Crippen MR) is 136 cm³/mol. The van der Waals surface area contributed by atoms with Gasteiger partial charge in [0.25, 0.3) is 0 Å². The molecule has 3 nitrogen and oxygen atoms in total. The van der Waals surface area contributed by atoms with Gasteiger partial charge in [0.15, 0.2) is 0 Å². The third-order valence-electron chi connectivity index (χ3n) is 9.96. The molecule has 0 aromatic rings. The minimum Gasteiger partial charge on any atom is -0.393 e. The molecular formula is C30H46O3. The van der Waals surface area contributed by atoms with Crippen molar-refractivity contribution in [2.45, 2.75) is 109 Å². The van der Waals surface area contributed by atoms with Gasteiger partial charge in [0, 0.05) is 12.3 Å². The molecule has 4 aliphatic rings. The highest BCUT2D eigenvalue weighted by Gasteiger charge is 2.50. The lowest BCUT2D eigenvalue weighted by Crippen LogP contribution is -2.36. The van der Waals surface area contributed by atoms with E-state index in [2.05, 4.69) is 51.7 Å². The minimum absolute atomic E-state index is 0.232. The highest BCUT2D eigenvalue weighted by atomic mass is 16.3. The second-order valence-corrected chi connectivity index (χ2v) is 12.0. The molecule has 0 aromatic carbocycles. The summed E-state index contributed by atoms with van der Waals surface area (Å²) in [5, 5.41) is 31.2. The van der Waals surface area contributed by atoms with E-state index in [1.165, 1.54) is 25.7 Å². The molecule has 4 aliphatic carbocycles. The molecule has 3 unspecified atom stereocenters. The third-order valence-corrected chi connectivity index (χ3v) is 9.96. The Morgan fingerprint density at radius 3 is 2.45 bits per heavy atom. The van der Waals surface area contributed by atoms with Crippen LogP contribution in [-0.2, 0) is 0 Å². The molecule has 3 N–H and O–H groups in total. The SMILES string of the molecule is C=C1/C(=C\C=C2/CCCC3(C)C2CCC3[C@H](C)/C=C/[C@@H](C)C2(O)CCCC2)C[C@@H](O)C[C@@H]1O. The maximum Gasteiger partial charge on any atom is 0.0811 e. The molecule has 4 rings (SSSR count). The summed E-state index contributed by atoms with van der Waals surface area (Å²) in [4.78, 5) is 0. The summed E-state index contributed by atoms with van der Waals surface area (Å²) in [6.45, 7) is 11.2. The average molecular weight is 455 g/mol. The Bertz CT molecular complexity index is 814. The first-order chi connectivity index (χ1) is 15.6. The standard InChI is InChI=1S/C30H46O3/c1-20(9-10-21(2)30(33)16-5-6-17-30)26-13-14-27-23(8-7-15-29(26,27)4)11-12-24-18-25(31)19-28(32)22(24)3/h9-12,20-21,25-28,31-33H,3,5-8,13-19H2,1-2,4H3/b10-9+,23-11+,24-12-/t20-,21-,25-,26?,27?,28+,29?/m1/s1. The molecule has 0 aromatic heterocycles. The molecule has 4 fully saturated rings. The van der Waals surface area contributed by atoms with Gasteiger partial charge >= 0.3 is 0 Å². The number of allylic oxidation sites excluding steroid dienone is 4. The van der Waals surface area contributed by atoms with Crippen LogP contribution < -0.4 is 0 Å². The summed E-state index contributed by atoms with van der Waals surface area (Å²) in [6, 6.07) is 0. The summed E-state index contributed by atoms with van der Waals surface area (Å²) >= 11 is 0. The summed E-state index contributed by atoms with van der Waals surface area (Å²) < 4.78 is 0. The fourth-order valence-corrected chi connectivity index (χ4v) is 7.71. The molecule has 0 spiro atoms. The first kappa shape index (κ1) is 24.9. The van der Waals surface area contributed by atoms with Crippen LogP contribution >= 0.6 is 0 Å². The van der Waals surface area contributed by atoms with Gasteiger partial charge in [-0.25, -0.2) is 0 Å². The molecule has 0 amide bonds. The number of aliphatic hydroxyl groups is 3. The molecule has 3 heteroatoms. The van der Waals surface area contributed by atoms with Gasteiger partial charge in [-0.15, -0.1) is 0 Å². The molecule has 33 heavy (non-hydrogen) atoms. The molecule has 0 aliphatic heterocycles. The van der Waals surface area contributed by atoms with Crippen LogP contribution in [-0.4, -0.2) is 33.1 Å². The molecule has 7 atom stereocenters. The van der Waals surface area contributed by atoms with Gasteiger partial charge in [0.1, 0.15) is 0 Å². The van der Waals surface area contributed by atoms with Gasteiger partial charge in [0.2, 0.25) is 0 Å². The van der Waals surface area contributed by atoms with Crippen molar-refractivity contribution in [1.29, 1.82) is 0 Å². The predicted octanol–water partition coefficient (Wildman–Crippen LogP) is 6.26. The Morgan fingerprint density at radius 2 is 1.73 bits per heavy atom.